The lowest BCUT2D eigenvalue weighted by molar-refractivity contribution is -0.206. The minimum Gasteiger partial charge on any atom is -0.482 e. The number of rotatable bonds is 8. The van der Waals surface area contributed by atoms with Crippen LogP contribution in [0.5, 0.6) is 11.5 Å². The van der Waals surface area contributed by atoms with Crippen LogP contribution in [-0.4, -0.2) is 79.2 Å². The van der Waals surface area contributed by atoms with Crippen LogP contribution < -0.4 is 9.47 Å². The number of methoxy groups -OCH3 is 1. The molecule has 7 nitrogen and oxygen atoms in total. The lowest BCUT2D eigenvalue weighted by atomic mass is 9.48. The molecule has 2 aliphatic carbocycles. The van der Waals surface area contributed by atoms with Crippen LogP contribution in [0.25, 0.3) is 0 Å². The molecule has 0 amide bonds. The summed E-state index contributed by atoms with van der Waals surface area (Å²) in [6, 6.07) is 4.00. The zero-order valence-corrected chi connectivity index (χ0v) is 17.5. The first-order valence-corrected chi connectivity index (χ1v) is 10.8. The summed E-state index contributed by atoms with van der Waals surface area (Å²) >= 11 is 0. The maximum atomic E-state index is 12.1. The van der Waals surface area contributed by atoms with E-state index in [1.807, 2.05) is 12.1 Å². The lowest BCUT2D eigenvalue weighted by Crippen LogP contribution is -2.77. The van der Waals surface area contributed by atoms with Crippen LogP contribution in [0.3, 0.4) is 0 Å². The van der Waals surface area contributed by atoms with Gasteiger partial charge >= 0.3 is 0 Å². The Balaban J connectivity index is 1.54. The van der Waals surface area contributed by atoms with Crippen molar-refractivity contribution in [1.82, 2.24) is 4.90 Å². The Morgan fingerprint density at radius 2 is 2.20 bits per heavy atom. The monoisotopic (exact) mass is 417 g/mol. The number of ether oxygens (including phenoxy) is 4. The number of hydrogen-bond donors (Lipinski definition) is 2. The molecule has 1 aromatic rings. The quantitative estimate of drug-likeness (QED) is 0.376. The number of aliphatic hydroxyl groups excluding tert-OH is 1. The average Bonchev–Trinajstić information content (AvgIpc) is 3.09. The molecule has 4 aliphatic rings. The summed E-state index contributed by atoms with van der Waals surface area (Å²) in [4.78, 5) is 2.34. The van der Waals surface area contributed by atoms with Crippen molar-refractivity contribution in [1.29, 1.82) is 0 Å². The van der Waals surface area contributed by atoms with Gasteiger partial charge in [0.2, 0.25) is 0 Å². The van der Waals surface area contributed by atoms with E-state index in [-0.39, 0.29) is 12.8 Å². The third-order valence-corrected chi connectivity index (χ3v) is 7.62. The second-order valence-corrected chi connectivity index (χ2v) is 8.88. The molecule has 1 spiro atoms. The highest BCUT2D eigenvalue weighted by atomic mass is 16.7. The topological polar surface area (TPSA) is 80.6 Å². The van der Waals surface area contributed by atoms with Crippen molar-refractivity contribution < 1.29 is 29.2 Å². The molecule has 2 aliphatic heterocycles. The van der Waals surface area contributed by atoms with Gasteiger partial charge in [-0.05, 0) is 43.9 Å². The average molecular weight is 418 g/mol. The zero-order chi connectivity index (χ0) is 20.9. The van der Waals surface area contributed by atoms with Crippen molar-refractivity contribution in [2.75, 3.05) is 40.2 Å². The largest absolute Gasteiger partial charge is 0.482 e. The van der Waals surface area contributed by atoms with E-state index in [0.29, 0.717) is 37.6 Å². The molecule has 2 heterocycles. The van der Waals surface area contributed by atoms with Crippen LogP contribution in [0.2, 0.25) is 0 Å². The number of aliphatic hydroxyl groups is 2. The first-order valence-electron chi connectivity index (χ1n) is 10.8. The Hall–Kier alpha value is -1.64. The molecule has 1 saturated carbocycles. The van der Waals surface area contributed by atoms with Crippen LogP contribution in [0, 0.1) is 0 Å². The fraction of sp³-hybridized carbons (Fsp3) is 0.652. The Morgan fingerprint density at radius 1 is 1.33 bits per heavy atom. The molecule has 0 aromatic heterocycles. The SMILES string of the molecule is C=CCN1CCC23c4c5ccc(OCOCCOC)c4O[C@H]2[C@H](O)CC[C@@]3(O)[C@H]1C5. The molecule has 5 rings (SSSR count). The van der Waals surface area contributed by atoms with Gasteiger partial charge in [0.05, 0.1) is 30.3 Å². The summed E-state index contributed by atoms with van der Waals surface area (Å²) < 4.78 is 22.8. The van der Waals surface area contributed by atoms with Gasteiger partial charge in [-0.3, -0.25) is 4.90 Å². The highest BCUT2D eigenvalue weighted by Gasteiger charge is 2.72. The Morgan fingerprint density at radius 3 is 3.00 bits per heavy atom. The van der Waals surface area contributed by atoms with Crippen LogP contribution in [0.4, 0.5) is 0 Å². The summed E-state index contributed by atoms with van der Waals surface area (Å²) in [6.07, 6.45) is 3.42. The predicted molar refractivity (Wildman–Crippen MR) is 110 cm³/mol. The maximum Gasteiger partial charge on any atom is 0.189 e. The van der Waals surface area contributed by atoms with Gasteiger partial charge in [0.1, 0.15) is 6.10 Å². The van der Waals surface area contributed by atoms with Crippen molar-refractivity contribution in [3.8, 4) is 11.5 Å². The molecule has 2 N–H and O–H groups in total. The van der Waals surface area contributed by atoms with Crippen LogP contribution in [0.15, 0.2) is 24.8 Å². The Kier molecular flexibility index (Phi) is 5.07. The van der Waals surface area contributed by atoms with Gasteiger partial charge in [-0.1, -0.05) is 12.1 Å². The van der Waals surface area contributed by atoms with Gasteiger partial charge < -0.3 is 29.2 Å². The highest BCUT2D eigenvalue weighted by Crippen LogP contribution is 2.65. The first kappa shape index (κ1) is 20.3. The summed E-state index contributed by atoms with van der Waals surface area (Å²) in [6.45, 7) is 6.54. The smallest absolute Gasteiger partial charge is 0.189 e. The highest BCUT2D eigenvalue weighted by molar-refractivity contribution is 5.63. The normalized spacial score (nSPS) is 36.2. The Labute approximate surface area is 177 Å². The van der Waals surface area contributed by atoms with E-state index in [0.717, 1.165) is 31.5 Å². The minimum absolute atomic E-state index is 0.00885. The van der Waals surface area contributed by atoms with Crippen molar-refractivity contribution >= 4 is 0 Å². The van der Waals surface area contributed by atoms with Crippen molar-refractivity contribution in [2.24, 2.45) is 0 Å². The van der Waals surface area contributed by atoms with E-state index in [9.17, 15) is 10.2 Å². The van der Waals surface area contributed by atoms with E-state index in [1.54, 1.807) is 7.11 Å². The van der Waals surface area contributed by atoms with Crippen LogP contribution in [0.1, 0.15) is 30.4 Å². The summed E-state index contributed by atoms with van der Waals surface area (Å²) in [5.74, 6) is 1.28. The second kappa shape index (κ2) is 7.50. The molecule has 5 atom stereocenters. The fourth-order valence-corrected chi connectivity index (χ4v) is 6.40. The molecule has 1 saturated heterocycles. The molecule has 164 valence electrons. The lowest BCUT2D eigenvalue weighted by Gasteiger charge is -2.63. The van der Waals surface area contributed by atoms with Gasteiger partial charge in [-0.25, -0.2) is 0 Å². The molecular weight excluding hydrogens is 386 g/mol. The van der Waals surface area contributed by atoms with Crippen LogP contribution >= 0.6 is 0 Å². The molecule has 1 unspecified atom stereocenters. The molecule has 30 heavy (non-hydrogen) atoms. The van der Waals surface area contributed by atoms with E-state index in [1.165, 1.54) is 5.56 Å². The number of piperidine rings is 1. The summed E-state index contributed by atoms with van der Waals surface area (Å²) in [5.41, 5.74) is 0.672. The van der Waals surface area contributed by atoms with Crippen molar-refractivity contribution in [2.45, 2.75) is 54.9 Å². The third-order valence-electron chi connectivity index (χ3n) is 7.62. The second-order valence-electron chi connectivity index (χ2n) is 8.88. The van der Waals surface area contributed by atoms with Crippen molar-refractivity contribution in [3.05, 3.63) is 35.9 Å². The van der Waals surface area contributed by atoms with Gasteiger partial charge in [-0.15, -0.1) is 6.58 Å². The third kappa shape index (κ3) is 2.63. The van der Waals surface area contributed by atoms with E-state index in [2.05, 4.69) is 17.5 Å². The van der Waals surface area contributed by atoms with Gasteiger partial charge in [0.25, 0.3) is 0 Å². The maximum absolute atomic E-state index is 12.1. The molecule has 2 bridgehead atoms. The Bertz CT molecular complexity index is 830. The number of likely N-dealkylation sites (tertiary alicyclic amines) is 1. The molecule has 2 fully saturated rings. The van der Waals surface area contributed by atoms with E-state index < -0.39 is 23.2 Å². The van der Waals surface area contributed by atoms with E-state index >= 15 is 0 Å². The minimum atomic E-state index is -0.940. The molecule has 7 heteroatoms. The predicted octanol–water partition coefficient (Wildman–Crippen LogP) is 1.39. The number of benzene rings is 1. The summed E-state index contributed by atoms with van der Waals surface area (Å²) in [5, 5.41) is 23.0. The fourth-order valence-electron chi connectivity index (χ4n) is 6.40. The van der Waals surface area contributed by atoms with Gasteiger partial charge in [0, 0.05) is 25.3 Å². The zero-order valence-electron chi connectivity index (χ0n) is 17.5. The van der Waals surface area contributed by atoms with Gasteiger partial charge in [-0.2, -0.15) is 0 Å². The van der Waals surface area contributed by atoms with E-state index in [4.69, 9.17) is 18.9 Å². The van der Waals surface area contributed by atoms with Crippen molar-refractivity contribution in [3.63, 3.8) is 0 Å². The number of nitrogens with zero attached hydrogens (tertiary/aromatic N) is 1. The molecule has 0 radical (unpaired) electrons. The standard InChI is InChI=1S/C23H31NO6/c1-3-9-24-10-8-22-19-15-4-5-17(29-14-28-12-11-27-2)20(19)30-21(22)16(25)6-7-23(22,26)18(24)13-15/h3-5,16,18,21,25-26H,1,6-14H2,2H3/t16-,18-,21+,22?,23-/m1/s1. The molecular formula is C23H31NO6. The van der Waals surface area contributed by atoms with Crippen LogP contribution in [-0.2, 0) is 21.3 Å². The van der Waals surface area contributed by atoms with Gasteiger partial charge in [0.15, 0.2) is 18.3 Å². The summed E-state index contributed by atoms with van der Waals surface area (Å²) in [7, 11) is 1.63. The molecule has 1 aromatic carbocycles. The first-order chi connectivity index (χ1) is 14.6. The number of hydrogen-bond acceptors (Lipinski definition) is 7.